The number of carbonyl (C=O) groups is 2. The molecule has 1 amide bonds. The number of phenols is 1. The number of carboxylic acid groups (broad SMARTS) is 1. The maximum atomic E-state index is 13.4. The highest BCUT2D eigenvalue weighted by atomic mass is 19.1. The summed E-state index contributed by atoms with van der Waals surface area (Å²) < 4.78 is 26.8. The molecule has 0 bridgehead atoms. The van der Waals surface area contributed by atoms with Crippen molar-refractivity contribution in [1.82, 2.24) is 0 Å². The molecule has 0 radical (unpaired) electrons. The van der Waals surface area contributed by atoms with Crippen LogP contribution < -0.4 is 5.32 Å². The molecule has 108 valence electrons. The van der Waals surface area contributed by atoms with Gasteiger partial charge < -0.3 is 15.5 Å². The third-order valence-electron chi connectivity index (χ3n) is 2.68. The molecule has 0 spiro atoms. The fourth-order valence-electron chi connectivity index (χ4n) is 1.70. The fraction of sp³-hybridized carbons (Fsp3) is 0. The molecule has 0 unspecified atom stereocenters. The van der Waals surface area contributed by atoms with E-state index in [9.17, 15) is 23.5 Å². The third kappa shape index (κ3) is 2.97. The molecule has 21 heavy (non-hydrogen) atoms. The van der Waals surface area contributed by atoms with Gasteiger partial charge in [-0.1, -0.05) is 6.07 Å². The Hall–Kier alpha value is -2.96. The first-order chi connectivity index (χ1) is 9.90. The molecule has 2 rings (SSSR count). The minimum Gasteiger partial charge on any atom is -0.507 e. The maximum Gasteiger partial charge on any atom is 0.339 e. The topological polar surface area (TPSA) is 86.6 Å². The predicted molar refractivity (Wildman–Crippen MR) is 69.4 cm³/mol. The number of carbonyl (C=O) groups excluding carboxylic acids is 1. The number of carboxylic acids is 1. The summed E-state index contributed by atoms with van der Waals surface area (Å²) in [6.07, 6.45) is 0. The Kier molecular flexibility index (Phi) is 3.84. The smallest absolute Gasteiger partial charge is 0.339 e. The molecule has 2 aromatic carbocycles. The van der Waals surface area contributed by atoms with Gasteiger partial charge in [0.2, 0.25) is 0 Å². The molecule has 0 atom stereocenters. The Morgan fingerprint density at radius 1 is 1.05 bits per heavy atom. The first-order valence-electron chi connectivity index (χ1n) is 5.72. The summed E-state index contributed by atoms with van der Waals surface area (Å²) in [7, 11) is 0. The van der Waals surface area contributed by atoms with Crippen molar-refractivity contribution < 1.29 is 28.6 Å². The number of aromatic hydroxyl groups is 1. The van der Waals surface area contributed by atoms with Crippen molar-refractivity contribution in [3.63, 3.8) is 0 Å². The molecule has 0 saturated carbocycles. The van der Waals surface area contributed by atoms with E-state index in [1.807, 2.05) is 0 Å². The lowest BCUT2D eigenvalue weighted by molar-refractivity contribution is 0.0693. The first kappa shape index (κ1) is 14.4. The van der Waals surface area contributed by atoms with Crippen LogP contribution in [0.25, 0.3) is 0 Å². The van der Waals surface area contributed by atoms with Gasteiger partial charge in [-0.2, -0.15) is 0 Å². The average molecular weight is 293 g/mol. The van der Waals surface area contributed by atoms with E-state index >= 15 is 0 Å². The van der Waals surface area contributed by atoms with Crippen LogP contribution in [-0.2, 0) is 0 Å². The van der Waals surface area contributed by atoms with Crippen molar-refractivity contribution in [1.29, 1.82) is 0 Å². The second-order valence-electron chi connectivity index (χ2n) is 4.09. The van der Waals surface area contributed by atoms with Crippen LogP contribution in [0, 0.1) is 11.6 Å². The van der Waals surface area contributed by atoms with E-state index in [0.29, 0.717) is 0 Å². The normalized spacial score (nSPS) is 10.2. The van der Waals surface area contributed by atoms with Crippen LogP contribution in [0.4, 0.5) is 14.5 Å². The summed E-state index contributed by atoms with van der Waals surface area (Å²) in [5, 5.41) is 20.4. The predicted octanol–water partition coefficient (Wildman–Crippen LogP) is 2.62. The minimum absolute atomic E-state index is 0.00477. The standard InChI is InChI=1S/C14H9F2NO4/c15-9-2-1-3-10(16)12(9)13(19)17-7-4-5-8(14(20)21)11(18)6-7/h1-6,18H,(H,17,19)(H,20,21). The van der Waals surface area contributed by atoms with Gasteiger partial charge in [-0.15, -0.1) is 0 Å². The summed E-state index contributed by atoms with van der Waals surface area (Å²) in [5.74, 6) is -5.02. The molecule has 3 N–H and O–H groups in total. The summed E-state index contributed by atoms with van der Waals surface area (Å²) in [6, 6.07) is 6.21. The van der Waals surface area contributed by atoms with Gasteiger partial charge in [0.25, 0.3) is 5.91 Å². The summed E-state index contributed by atoms with van der Waals surface area (Å²) in [6.45, 7) is 0. The maximum absolute atomic E-state index is 13.4. The first-order valence-corrected chi connectivity index (χ1v) is 5.72. The van der Waals surface area contributed by atoms with Gasteiger partial charge >= 0.3 is 5.97 Å². The second kappa shape index (κ2) is 5.58. The lowest BCUT2D eigenvalue weighted by atomic mass is 10.1. The molecule has 0 aliphatic heterocycles. The molecular weight excluding hydrogens is 284 g/mol. The van der Waals surface area contributed by atoms with Crippen molar-refractivity contribution >= 4 is 17.6 Å². The second-order valence-corrected chi connectivity index (χ2v) is 4.09. The largest absolute Gasteiger partial charge is 0.507 e. The lowest BCUT2D eigenvalue weighted by Crippen LogP contribution is -2.16. The molecule has 0 aliphatic rings. The van der Waals surface area contributed by atoms with Crippen molar-refractivity contribution in [3.05, 3.63) is 59.2 Å². The lowest BCUT2D eigenvalue weighted by Gasteiger charge is -2.08. The van der Waals surface area contributed by atoms with Crippen molar-refractivity contribution in [2.75, 3.05) is 5.32 Å². The van der Waals surface area contributed by atoms with Crippen LogP contribution in [0.15, 0.2) is 36.4 Å². The molecule has 7 heteroatoms. The fourth-order valence-corrected chi connectivity index (χ4v) is 1.70. The van der Waals surface area contributed by atoms with E-state index in [4.69, 9.17) is 5.11 Å². The van der Waals surface area contributed by atoms with Gasteiger partial charge in [-0.05, 0) is 24.3 Å². The van der Waals surface area contributed by atoms with Gasteiger partial charge in [-0.3, -0.25) is 4.79 Å². The van der Waals surface area contributed by atoms with E-state index in [1.165, 1.54) is 6.07 Å². The number of hydrogen-bond donors (Lipinski definition) is 3. The number of hydrogen-bond acceptors (Lipinski definition) is 3. The zero-order valence-corrected chi connectivity index (χ0v) is 10.4. The Morgan fingerprint density at radius 2 is 1.67 bits per heavy atom. The molecule has 0 aliphatic carbocycles. The SMILES string of the molecule is O=C(O)c1ccc(NC(=O)c2c(F)cccc2F)cc1O. The van der Waals surface area contributed by atoms with Crippen LogP contribution in [0.3, 0.4) is 0 Å². The van der Waals surface area contributed by atoms with Crippen LogP contribution in [-0.4, -0.2) is 22.1 Å². The van der Waals surface area contributed by atoms with E-state index in [2.05, 4.69) is 5.32 Å². The highest BCUT2D eigenvalue weighted by Crippen LogP contribution is 2.23. The van der Waals surface area contributed by atoms with E-state index in [1.54, 1.807) is 0 Å². The number of anilines is 1. The van der Waals surface area contributed by atoms with Gasteiger partial charge in [-0.25, -0.2) is 13.6 Å². The van der Waals surface area contributed by atoms with Gasteiger partial charge in [0.05, 0.1) is 0 Å². The quantitative estimate of drug-likeness (QED) is 0.812. The third-order valence-corrected chi connectivity index (χ3v) is 2.68. The Bertz CT molecular complexity index is 711. The number of nitrogens with one attached hydrogen (secondary N) is 1. The number of rotatable bonds is 3. The molecule has 2 aromatic rings. The molecule has 5 nitrogen and oxygen atoms in total. The van der Waals surface area contributed by atoms with Crippen LogP contribution >= 0.6 is 0 Å². The minimum atomic E-state index is -1.34. The highest BCUT2D eigenvalue weighted by molar-refractivity contribution is 6.05. The highest BCUT2D eigenvalue weighted by Gasteiger charge is 2.18. The molecule has 0 fully saturated rings. The van der Waals surface area contributed by atoms with Crippen molar-refractivity contribution in [2.24, 2.45) is 0 Å². The van der Waals surface area contributed by atoms with Gasteiger partial charge in [0, 0.05) is 11.8 Å². The van der Waals surface area contributed by atoms with E-state index in [0.717, 1.165) is 30.3 Å². The molecule has 0 saturated heterocycles. The zero-order chi connectivity index (χ0) is 15.6. The zero-order valence-electron chi connectivity index (χ0n) is 10.4. The summed E-state index contributed by atoms with van der Waals surface area (Å²) in [4.78, 5) is 22.5. The Balaban J connectivity index is 2.28. The molecule has 0 heterocycles. The van der Waals surface area contributed by atoms with Crippen LogP contribution in [0.2, 0.25) is 0 Å². The van der Waals surface area contributed by atoms with E-state index < -0.39 is 34.8 Å². The van der Waals surface area contributed by atoms with Gasteiger partial charge in [0.15, 0.2) is 0 Å². The van der Waals surface area contributed by atoms with Gasteiger partial charge in [0.1, 0.15) is 28.5 Å². The Morgan fingerprint density at radius 3 is 2.19 bits per heavy atom. The van der Waals surface area contributed by atoms with Crippen molar-refractivity contribution in [3.8, 4) is 5.75 Å². The monoisotopic (exact) mass is 293 g/mol. The Labute approximate surface area is 117 Å². The number of aromatic carboxylic acids is 1. The van der Waals surface area contributed by atoms with Crippen molar-refractivity contribution in [2.45, 2.75) is 0 Å². The van der Waals surface area contributed by atoms with E-state index in [-0.39, 0.29) is 11.3 Å². The summed E-state index contributed by atoms with van der Waals surface area (Å²) >= 11 is 0. The average Bonchev–Trinajstić information content (AvgIpc) is 2.37. The molecular formula is C14H9F2NO4. The number of benzene rings is 2. The number of amides is 1. The van der Waals surface area contributed by atoms with Crippen LogP contribution in [0.5, 0.6) is 5.75 Å². The molecule has 0 aromatic heterocycles. The van der Waals surface area contributed by atoms with Crippen LogP contribution in [0.1, 0.15) is 20.7 Å². The number of halogens is 2. The summed E-state index contributed by atoms with van der Waals surface area (Å²) in [5.41, 5.74) is -1.12.